The van der Waals surface area contributed by atoms with Gasteiger partial charge in [0.15, 0.2) is 6.61 Å². The average Bonchev–Trinajstić information content (AvgIpc) is 3.09. The molecule has 0 bridgehead atoms. The lowest BCUT2D eigenvalue weighted by Crippen LogP contribution is -2.22. The van der Waals surface area contributed by atoms with Gasteiger partial charge in [0.2, 0.25) is 0 Å². The minimum atomic E-state index is -1.02. The molecule has 4 rings (SSSR count). The lowest BCUT2D eigenvalue weighted by atomic mass is 10.1. The molecule has 0 fully saturated rings. The maximum Gasteiger partial charge on any atom is 0.341 e. The Kier molecular flexibility index (Phi) is 5.95. The summed E-state index contributed by atoms with van der Waals surface area (Å²) in [6.45, 7) is 2.25. The predicted molar refractivity (Wildman–Crippen MR) is 120 cm³/mol. The Morgan fingerprint density at radius 2 is 1.84 bits per heavy atom. The molecule has 0 unspecified atom stereocenters. The SMILES string of the molecule is Cc1cc(COc2cccc3c2CN(c2ccc(Br)cc2)C3=O)ccc1OCC(=O)O. The molecule has 7 heteroatoms. The second-order valence-corrected chi connectivity index (χ2v) is 8.14. The quantitative estimate of drug-likeness (QED) is 0.515. The number of aliphatic carboxylic acids is 1. The van der Waals surface area contributed by atoms with Gasteiger partial charge in [0.05, 0.1) is 6.54 Å². The highest BCUT2D eigenvalue weighted by Gasteiger charge is 2.31. The number of hydrogen-bond acceptors (Lipinski definition) is 4. The van der Waals surface area contributed by atoms with E-state index in [0.717, 1.165) is 26.9 Å². The summed E-state index contributed by atoms with van der Waals surface area (Å²) in [5.41, 5.74) is 4.11. The Labute approximate surface area is 188 Å². The number of carbonyl (C=O) groups excluding carboxylic acids is 1. The molecule has 0 saturated carbocycles. The third-order valence-electron chi connectivity index (χ3n) is 5.05. The van der Waals surface area contributed by atoms with Crippen molar-refractivity contribution in [3.63, 3.8) is 0 Å². The van der Waals surface area contributed by atoms with Crippen LogP contribution in [0.15, 0.2) is 65.1 Å². The molecular formula is C24H20BrNO5. The minimum absolute atomic E-state index is 0.0430. The van der Waals surface area contributed by atoms with Crippen LogP contribution in [-0.4, -0.2) is 23.6 Å². The highest BCUT2D eigenvalue weighted by atomic mass is 79.9. The predicted octanol–water partition coefficient (Wildman–Crippen LogP) is 4.96. The van der Waals surface area contributed by atoms with Gasteiger partial charge in [-0.15, -0.1) is 0 Å². The fourth-order valence-corrected chi connectivity index (χ4v) is 3.80. The van der Waals surface area contributed by atoms with E-state index in [9.17, 15) is 9.59 Å². The summed E-state index contributed by atoms with van der Waals surface area (Å²) in [5.74, 6) is 0.145. The number of ether oxygens (including phenoxy) is 2. The van der Waals surface area contributed by atoms with Crippen LogP contribution >= 0.6 is 15.9 Å². The summed E-state index contributed by atoms with van der Waals surface area (Å²) in [6, 6.07) is 18.6. The van der Waals surface area contributed by atoms with E-state index in [1.165, 1.54) is 0 Å². The van der Waals surface area contributed by atoms with Crippen molar-refractivity contribution in [3.8, 4) is 11.5 Å². The van der Waals surface area contributed by atoms with Gasteiger partial charge in [-0.2, -0.15) is 0 Å². The molecule has 0 saturated heterocycles. The van der Waals surface area contributed by atoms with E-state index in [1.807, 2.05) is 61.5 Å². The maximum atomic E-state index is 12.9. The molecule has 3 aromatic rings. The highest BCUT2D eigenvalue weighted by Crippen LogP contribution is 2.35. The molecule has 1 amide bonds. The number of aryl methyl sites for hydroxylation is 1. The topological polar surface area (TPSA) is 76.1 Å². The standard InChI is InChI=1S/C24H20BrNO5/c1-15-11-16(5-10-21(15)31-14-23(27)28)13-30-22-4-2-3-19-20(22)12-26(24(19)29)18-8-6-17(25)7-9-18/h2-11H,12-14H2,1H3,(H,27,28). The number of rotatable bonds is 7. The van der Waals surface area contributed by atoms with Crippen molar-refractivity contribution in [2.24, 2.45) is 0 Å². The van der Waals surface area contributed by atoms with Crippen molar-refractivity contribution in [1.82, 2.24) is 0 Å². The van der Waals surface area contributed by atoms with E-state index in [4.69, 9.17) is 14.6 Å². The van der Waals surface area contributed by atoms with E-state index in [-0.39, 0.29) is 12.5 Å². The Morgan fingerprint density at radius 1 is 1.06 bits per heavy atom. The van der Waals surface area contributed by atoms with Crippen molar-refractivity contribution in [3.05, 3.63) is 87.4 Å². The number of amides is 1. The van der Waals surface area contributed by atoms with Crippen LogP contribution in [0.3, 0.4) is 0 Å². The third kappa shape index (κ3) is 4.56. The fraction of sp³-hybridized carbons (Fsp3) is 0.167. The van der Waals surface area contributed by atoms with Crippen LogP contribution in [-0.2, 0) is 17.9 Å². The molecule has 6 nitrogen and oxygen atoms in total. The molecule has 31 heavy (non-hydrogen) atoms. The number of nitrogens with zero attached hydrogens (tertiary/aromatic N) is 1. The van der Waals surface area contributed by atoms with Crippen LogP contribution in [0.1, 0.15) is 27.0 Å². The summed E-state index contributed by atoms with van der Waals surface area (Å²) in [7, 11) is 0. The van der Waals surface area contributed by atoms with Crippen LogP contribution in [0.4, 0.5) is 5.69 Å². The Morgan fingerprint density at radius 3 is 2.55 bits per heavy atom. The van der Waals surface area contributed by atoms with Gasteiger partial charge < -0.3 is 19.5 Å². The first-order valence-corrected chi connectivity index (χ1v) is 10.5. The van der Waals surface area contributed by atoms with Crippen LogP contribution < -0.4 is 14.4 Å². The number of halogens is 1. The molecule has 1 N–H and O–H groups in total. The molecule has 0 radical (unpaired) electrons. The zero-order chi connectivity index (χ0) is 22.0. The highest BCUT2D eigenvalue weighted by molar-refractivity contribution is 9.10. The molecule has 1 aliphatic rings. The minimum Gasteiger partial charge on any atom is -0.489 e. The van der Waals surface area contributed by atoms with E-state index in [0.29, 0.717) is 30.2 Å². The molecule has 158 valence electrons. The molecule has 0 aromatic heterocycles. The van der Waals surface area contributed by atoms with Gasteiger partial charge in [-0.1, -0.05) is 28.1 Å². The van der Waals surface area contributed by atoms with Crippen molar-refractivity contribution < 1.29 is 24.2 Å². The zero-order valence-corrected chi connectivity index (χ0v) is 18.4. The maximum absolute atomic E-state index is 12.9. The summed E-state index contributed by atoms with van der Waals surface area (Å²) < 4.78 is 12.3. The first-order chi connectivity index (χ1) is 14.9. The molecule has 1 heterocycles. The lowest BCUT2D eigenvalue weighted by Gasteiger charge is -2.16. The number of fused-ring (bicyclic) bond motifs is 1. The van der Waals surface area contributed by atoms with Gasteiger partial charge in [-0.3, -0.25) is 4.79 Å². The smallest absolute Gasteiger partial charge is 0.341 e. The Balaban J connectivity index is 1.48. The van der Waals surface area contributed by atoms with Gasteiger partial charge in [0.1, 0.15) is 18.1 Å². The monoisotopic (exact) mass is 481 g/mol. The average molecular weight is 482 g/mol. The molecule has 0 spiro atoms. The molecule has 1 aliphatic heterocycles. The first kappa shape index (κ1) is 20.9. The van der Waals surface area contributed by atoms with Crippen molar-refractivity contribution >= 4 is 33.5 Å². The summed E-state index contributed by atoms with van der Waals surface area (Å²) in [4.78, 5) is 25.3. The van der Waals surface area contributed by atoms with Crippen LogP contribution in [0.25, 0.3) is 0 Å². The van der Waals surface area contributed by atoms with Crippen LogP contribution in [0.5, 0.6) is 11.5 Å². The van der Waals surface area contributed by atoms with Crippen LogP contribution in [0.2, 0.25) is 0 Å². The number of carboxylic acid groups (broad SMARTS) is 1. The molecular weight excluding hydrogens is 462 g/mol. The number of benzene rings is 3. The van der Waals surface area contributed by atoms with E-state index in [2.05, 4.69) is 15.9 Å². The molecule has 0 atom stereocenters. The van der Waals surface area contributed by atoms with Crippen molar-refractivity contribution in [2.45, 2.75) is 20.1 Å². The van der Waals surface area contributed by atoms with Gasteiger partial charge in [0, 0.05) is 21.3 Å². The van der Waals surface area contributed by atoms with E-state index in [1.54, 1.807) is 11.0 Å². The zero-order valence-electron chi connectivity index (χ0n) is 16.8. The lowest BCUT2D eigenvalue weighted by molar-refractivity contribution is -0.139. The Bertz CT molecular complexity index is 1140. The van der Waals surface area contributed by atoms with E-state index < -0.39 is 5.97 Å². The normalized spacial score (nSPS) is 12.6. The largest absolute Gasteiger partial charge is 0.489 e. The second kappa shape index (κ2) is 8.81. The van der Waals surface area contributed by atoms with Crippen molar-refractivity contribution in [1.29, 1.82) is 0 Å². The number of anilines is 1. The first-order valence-electron chi connectivity index (χ1n) is 9.68. The number of carboxylic acids is 1. The van der Waals surface area contributed by atoms with Gasteiger partial charge in [-0.25, -0.2) is 4.79 Å². The summed E-state index contributed by atoms with van der Waals surface area (Å²) in [5, 5.41) is 8.76. The van der Waals surface area contributed by atoms with Crippen LogP contribution in [0, 0.1) is 6.92 Å². The summed E-state index contributed by atoms with van der Waals surface area (Å²) in [6.07, 6.45) is 0. The Hall–Kier alpha value is -3.32. The van der Waals surface area contributed by atoms with Gasteiger partial charge in [0.25, 0.3) is 5.91 Å². The number of hydrogen-bond donors (Lipinski definition) is 1. The van der Waals surface area contributed by atoms with Crippen molar-refractivity contribution in [2.75, 3.05) is 11.5 Å². The second-order valence-electron chi connectivity index (χ2n) is 7.22. The van der Waals surface area contributed by atoms with Gasteiger partial charge in [-0.05, 0) is 66.6 Å². The van der Waals surface area contributed by atoms with Gasteiger partial charge >= 0.3 is 5.97 Å². The fourth-order valence-electron chi connectivity index (χ4n) is 3.53. The molecule has 0 aliphatic carbocycles. The van der Waals surface area contributed by atoms with E-state index >= 15 is 0 Å². The molecule has 3 aromatic carbocycles. The third-order valence-corrected chi connectivity index (χ3v) is 5.58. The summed E-state index contributed by atoms with van der Waals surface area (Å²) >= 11 is 3.42. The number of carbonyl (C=O) groups is 2.